The molecule has 3 aromatic carbocycles. The van der Waals surface area contributed by atoms with Crippen molar-refractivity contribution in [3.05, 3.63) is 87.9 Å². The van der Waals surface area contributed by atoms with E-state index in [-0.39, 0.29) is 0 Å². The van der Waals surface area contributed by atoms with Gasteiger partial charge in [-0.05, 0) is 66.4 Å². The van der Waals surface area contributed by atoms with Gasteiger partial charge >= 0.3 is 0 Å². The van der Waals surface area contributed by atoms with Gasteiger partial charge in [-0.25, -0.2) is 0 Å². The molecule has 0 amide bonds. The molecule has 0 spiro atoms. The van der Waals surface area contributed by atoms with Crippen LogP contribution in [0.5, 0.6) is 0 Å². The molecular weight excluding hydrogens is 361 g/mol. The zero-order chi connectivity index (χ0) is 18.5. The Hall–Kier alpha value is -1.80. The Kier molecular flexibility index (Phi) is 6.37. The van der Waals surface area contributed by atoms with Crippen molar-refractivity contribution >= 4 is 40.1 Å². The Morgan fingerprint density at radius 2 is 1.69 bits per heavy atom. The number of halogens is 2. The number of hydrogen-bond acceptors (Lipinski definition) is 1. The maximum absolute atomic E-state index is 6.17. The summed E-state index contributed by atoms with van der Waals surface area (Å²) in [6, 6.07) is 21.2. The Bertz CT molecular complexity index is 917. The van der Waals surface area contributed by atoms with E-state index in [9.17, 15) is 0 Å². The molecule has 0 aromatic heterocycles. The molecule has 0 unspecified atom stereocenters. The lowest BCUT2D eigenvalue weighted by atomic mass is 9.92. The smallest absolute Gasteiger partial charge is 0.0595 e. The van der Waals surface area contributed by atoms with Crippen molar-refractivity contribution in [2.24, 2.45) is 5.92 Å². The van der Waals surface area contributed by atoms with E-state index in [4.69, 9.17) is 23.2 Å². The third kappa shape index (κ3) is 4.67. The third-order valence-electron chi connectivity index (χ3n) is 4.86. The van der Waals surface area contributed by atoms with E-state index in [0.717, 1.165) is 6.42 Å². The number of hydrogen-bond donors (Lipinski definition) is 1. The molecule has 26 heavy (non-hydrogen) atoms. The molecular formula is C23H23Cl2N. The molecule has 0 bridgehead atoms. The predicted octanol–water partition coefficient (Wildman–Crippen LogP) is 6.63. The zero-order valence-corrected chi connectivity index (χ0v) is 16.6. The van der Waals surface area contributed by atoms with Crippen LogP contribution in [-0.4, -0.2) is 13.1 Å². The standard InChI is InChI=1S/C23H23Cl2N/c1-16(26-2)20(14-18-9-12-22(24)23(25)15-18)11-8-17-7-10-19-5-3-4-6-21(19)13-17/h3-13,15-16,20,26H,14H2,1-2H3/t16-,20+/m0/s1. The molecule has 2 atom stereocenters. The molecule has 0 saturated heterocycles. The summed E-state index contributed by atoms with van der Waals surface area (Å²) in [4.78, 5) is 0. The van der Waals surface area contributed by atoms with Gasteiger partial charge in [-0.15, -0.1) is 0 Å². The molecule has 1 N–H and O–H groups in total. The first-order valence-corrected chi connectivity index (χ1v) is 9.60. The van der Waals surface area contributed by atoms with Gasteiger partial charge in [0, 0.05) is 6.04 Å². The highest BCUT2D eigenvalue weighted by atomic mass is 35.5. The van der Waals surface area contributed by atoms with Crippen molar-refractivity contribution in [1.82, 2.24) is 5.32 Å². The highest BCUT2D eigenvalue weighted by molar-refractivity contribution is 6.42. The van der Waals surface area contributed by atoms with Crippen molar-refractivity contribution in [1.29, 1.82) is 0 Å². The monoisotopic (exact) mass is 383 g/mol. The first-order chi connectivity index (χ1) is 12.6. The summed E-state index contributed by atoms with van der Waals surface area (Å²) in [6.07, 6.45) is 5.40. The minimum absolute atomic E-state index is 0.348. The van der Waals surface area contributed by atoms with Crippen LogP contribution in [-0.2, 0) is 6.42 Å². The Labute approximate surface area is 165 Å². The van der Waals surface area contributed by atoms with Crippen LogP contribution in [0.3, 0.4) is 0 Å². The maximum Gasteiger partial charge on any atom is 0.0595 e. The molecule has 3 rings (SSSR count). The number of nitrogens with one attached hydrogen (secondary N) is 1. The summed E-state index contributed by atoms with van der Waals surface area (Å²) in [6.45, 7) is 2.20. The quantitative estimate of drug-likeness (QED) is 0.503. The lowest BCUT2D eigenvalue weighted by Crippen LogP contribution is -2.30. The Morgan fingerprint density at radius 1 is 0.923 bits per heavy atom. The van der Waals surface area contributed by atoms with Gasteiger partial charge in [0.25, 0.3) is 0 Å². The van der Waals surface area contributed by atoms with Crippen LogP contribution in [0.2, 0.25) is 10.0 Å². The van der Waals surface area contributed by atoms with Crippen molar-refractivity contribution in [2.45, 2.75) is 19.4 Å². The molecule has 0 aliphatic rings. The van der Waals surface area contributed by atoms with E-state index >= 15 is 0 Å². The molecule has 3 aromatic rings. The fourth-order valence-electron chi connectivity index (χ4n) is 3.11. The third-order valence-corrected chi connectivity index (χ3v) is 5.60. The summed E-state index contributed by atoms with van der Waals surface area (Å²) in [5.74, 6) is 0.351. The fourth-order valence-corrected chi connectivity index (χ4v) is 3.43. The highest BCUT2D eigenvalue weighted by Gasteiger charge is 2.14. The van der Waals surface area contributed by atoms with E-state index in [2.05, 4.69) is 66.9 Å². The topological polar surface area (TPSA) is 12.0 Å². The first kappa shape index (κ1) is 19.0. The van der Waals surface area contributed by atoms with E-state index in [1.807, 2.05) is 25.2 Å². The van der Waals surface area contributed by atoms with E-state index in [1.54, 1.807) is 0 Å². The average molecular weight is 384 g/mol. The lowest BCUT2D eigenvalue weighted by molar-refractivity contribution is 0.465. The van der Waals surface area contributed by atoms with Gasteiger partial charge < -0.3 is 5.32 Å². The van der Waals surface area contributed by atoms with E-state index < -0.39 is 0 Å². The molecule has 0 aliphatic heterocycles. The van der Waals surface area contributed by atoms with Crippen LogP contribution in [0.25, 0.3) is 16.8 Å². The van der Waals surface area contributed by atoms with Crippen LogP contribution in [0.1, 0.15) is 18.1 Å². The molecule has 0 radical (unpaired) electrons. The van der Waals surface area contributed by atoms with Crippen LogP contribution < -0.4 is 5.32 Å². The van der Waals surface area contributed by atoms with Gasteiger partial charge in [0.1, 0.15) is 0 Å². The summed E-state index contributed by atoms with van der Waals surface area (Å²) >= 11 is 12.2. The summed E-state index contributed by atoms with van der Waals surface area (Å²) in [5, 5.41) is 7.10. The molecule has 134 valence electrons. The number of benzene rings is 3. The number of fused-ring (bicyclic) bond motifs is 1. The SMILES string of the molecule is CN[C@@H](C)[C@H](C=Cc1ccc2ccccc2c1)Cc1ccc(Cl)c(Cl)c1. The summed E-state index contributed by atoms with van der Waals surface area (Å²) in [7, 11) is 2.00. The van der Waals surface area contributed by atoms with Gasteiger partial charge in [0.2, 0.25) is 0 Å². The summed E-state index contributed by atoms with van der Waals surface area (Å²) in [5.41, 5.74) is 2.40. The van der Waals surface area contributed by atoms with Gasteiger partial charge in [-0.1, -0.05) is 77.8 Å². The second kappa shape index (κ2) is 8.73. The first-order valence-electron chi connectivity index (χ1n) is 8.85. The fraction of sp³-hybridized carbons (Fsp3) is 0.217. The van der Waals surface area contributed by atoms with Crippen LogP contribution in [0, 0.1) is 5.92 Å². The molecule has 0 aliphatic carbocycles. The Balaban J connectivity index is 1.82. The lowest BCUT2D eigenvalue weighted by Gasteiger charge is -2.21. The number of rotatable bonds is 6. The van der Waals surface area contributed by atoms with Crippen molar-refractivity contribution < 1.29 is 0 Å². The van der Waals surface area contributed by atoms with Crippen LogP contribution >= 0.6 is 23.2 Å². The molecule has 3 heteroatoms. The minimum Gasteiger partial charge on any atom is -0.317 e. The van der Waals surface area contributed by atoms with Crippen molar-refractivity contribution in [3.63, 3.8) is 0 Å². The predicted molar refractivity (Wildman–Crippen MR) is 115 cm³/mol. The van der Waals surface area contributed by atoms with E-state index in [0.29, 0.717) is 22.0 Å². The highest BCUT2D eigenvalue weighted by Crippen LogP contribution is 2.25. The molecule has 0 fully saturated rings. The molecule has 0 saturated carbocycles. The zero-order valence-electron chi connectivity index (χ0n) is 15.0. The largest absolute Gasteiger partial charge is 0.317 e. The maximum atomic E-state index is 6.17. The van der Waals surface area contributed by atoms with Gasteiger partial charge in [-0.3, -0.25) is 0 Å². The second-order valence-corrected chi connectivity index (χ2v) is 7.47. The average Bonchev–Trinajstić information content (AvgIpc) is 2.67. The summed E-state index contributed by atoms with van der Waals surface area (Å²) < 4.78 is 0. The minimum atomic E-state index is 0.348. The van der Waals surface area contributed by atoms with Gasteiger partial charge in [-0.2, -0.15) is 0 Å². The van der Waals surface area contributed by atoms with Gasteiger partial charge in [0.15, 0.2) is 0 Å². The van der Waals surface area contributed by atoms with Crippen LogP contribution in [0.4, 0.5) is 0 Å². The van der Waals surface area contributed by atoms with Crippen LogP contribution in [0.15, 0.2) is 66.7 Å². The molecule has 0 heterocycles. The van der Waals surface area contributed by atoms with E-state index in [1.165, 1.54) is 21.9 Å². The van der Waals surface area contributed by atoms with Crippen molar-refractivity contribution in [2.75, 3.05) is 7.05 Å². The van der Waals surface area contributed by atoms with Crippen molar-refractivity contribution in [3.8, 4) is 0 Å². The van der Waals surface area contributed by atoms with Gasteiger partial charge in [0.05, 0.1) is 10.0 Å². The Morgan fingerprint density at radius 3 is 2.42 bits per heavy atom. The molecule has 1 nitrogen and oxygen atoms in total. The normalized spacial score (nSPS) is 14.0. The second-order valence-electron chi connectivity index (χ2n) is 6.66.